The summed E-state index contributed by atoms with van der Waals surface area (Å²) >= 11 is 0. The van der Waals surface area contributed by atoms with E-state index in [-0.39, 0.29) is 5.78 Å². The summed E-state index contributed by atoms with van der Waals surface area (Å²) in [7, 11) is 1.56. The Morgan fingerprint density at radius 2 is 1.55 bits per heavy atom. The summed E-state index contributed by atoms with van der Waals surface area (Å²) in [5.74, 6) is -0.473. The Hall–Kier alpha value is -3.67. The van der Waals surface area contributed by atoms with Crippen molar-refractivity contribution in [3.8, 4) is 5.75 Å². The predicted molar refractivity (Wildman–Crippen MR) is 110 cm³/mol. The van der Waals surface area contributed by atoms with E-state index in [1.54, 1.807) is 49.6 Å². The maximum Gasteiger partial charge on any atom is 0.339 e. The second-order valence-electron chi connectivity index (χ2n) is 6.53. The van der Waals surface area contributed by atoms with E-state index >= 15 is 0 Å². The van der Waals surface area contributed by atoms with Gasteiger partial charge in [-0.25, -0.2) is 4.79 Å². The molecule has 0 aliphatic carbocycles. The molecule has 1 amide bonds. The number of carbonyl (C=O) groups excluding carboxylic acids is 3. The van der Waals surface area contributed by atoms with E-state index in [1.807, 2.05) is 18.2 Å². The van der Waals surface area contributed by atoms with Gasteiger partial charge in [0.25, 0.3) is 5.91 Å². The van der Waals surface area contributed by atoms with E-state index in [2.05, 4.69) is 5.32 Å². The highest BCUT2D eigenvalue weighted by atomic mass is 16.5. The molecule has 0 fully saturated rings. The number of methoxy groups -OCH3 is 1. The molecular weight excluding hydrogens is 370 g/mol. The summed E-state index contributed by atoms with van der Waals surface area (Å²) in [5, 5.41) is 4.14. The van der Waals surface area contributed by atoms with Crippen LogP contribution >= 0.6 is 0 Å². The number of amides is 1. The third-order valence-corrected chi connectivity index (χ3v) is 4.54. The number of rotatable bonds is 6. The number of anilines is 1. The first-order valence-corrected chi connectivity index (χ1v) is 9.09. The molecule has 0 aliphatic rings. The molecule has 148 valence electrons. The lowest BCUT2D eigenvalue weighted by Crippen LogP contribution is -2.30. The average molecular weight is 391 g/mol. The lowest BCUT2D eigenvalue weighted by molar-refractivity contribution is -0.123. The quantitative estimate of drug-likeness (QED) is 0.502. The number of Topliss-reactive ketones (excluding diaryl/α,β-unsaturated/α-hetero) is 1. The Kier molecular flexibility index (Phi) is 5.93. The monoisotopic (exact) mass is 391 g/mol. The van der Waals surface area contributed by atoms with Crippen molar-refractivity contribution in [2.75, 3.05) is 12.4 Å². The minimum absolute atomic E-state index is 0.0584. The maximum atomic E-state index is 12.7. The molecule has 0 radical (unpaired) electrons. The molecule has 0 aromatic heterocycles. The molecule has 0 bridgehead atoms. The van der Waals surface area contributed by atoms with Gasteiger partial charge in [-0.1, -0.05) is 24.3 Å². The van der Waals surface area contributed by atoms with Gasteiger partial charge in [-0.3, -0.25) is 9.59 Å². The lowest BCUT2D eigenvalue weighted by atomic mass is 10.0. The van der Waals surface area contributed by atoms with Crippen LogP contribution in [0.2, 0.25) is 0 Å². The summed E-state index contributed by atoms with van der Waals surface area (Å²) in [6, 6.07) is 17.1. The third-order valence-electron chi connectivity index (χ3n) is 4.54. The van der Waals surface area contributed by atoms with Gasteiger partial charge >= 0.3 is 5.97 Å². The topological polar surface area (TPSA) is 81.7 Å². The zero-order valence-corrected chi connectivity index (χ0v) is 16.4. The van der Waals surface area contributed by atoms with Gasteiger partial charge < -0.3 is 14.8 Å². The number of hydrogen-bond donors (Lipinski definition) is 1. The van der Waals surface area contributed by atoms with Crippen LogP contribution < -0.4 is 10.1 Å². The first-order valence-electron chi connectivity index (χ1n) is 9.09. The van der Waals surface area contributed by atoms with E-state index in [0.717, 1.165) is 5.39 Å². The summed E-state index contributed by atoms with van der Waals surface area (Å²) in [6.45, 7) is 2.97. The predicted octanol–water partition coefficient (Wildman–Crippen LogP) is 4.24. The van der Waals surface area contributed by atoms with Crippen molar-refractivity contribution >= 4 is 34.1 Å². The maximum absolute atomic E-state index is 12.7. The molecule has 0 unspecified atom stereocenters. The number of fused-ring (bicyclic) bond motifs is 1. The highest BCUT2D eigenvalue weighted by Gasteiger charge is 2.21. The van der Waals surface area contributed by atoms with Gasteiger partial charge in [0, 0.05) is 16.6 Å². The highest BCUT2D eigenvalue weighted by molar-refractivity contribution is 6.07. The lowest BCUT2D eigenvalue weighted by Gasteiger charge is -2.15. The first kappa shape index (κ1) is 20.1. The molecule has 0 aliphatic heterocycles. The number of ether oxygens (including phenoxy) is 2. The molecule has 0 saturated heterocycles. The summed E-state index contributed by atoms with van der Waals surface area (Å²) < 4.78 is 10.7. The van der Waals surface area contributed by atoms with Crippen molar-refractivity contribution in [1.82, 2.24) is 0 Å². The highest BCUT2D eigenvalue weighted by Crippen LogP contribution is 2.29. The Morgan fingerprint density at radius 3 is 2.17 bits per heavy atom. The standard InChI is InChI=1S/C23H21NO5/c1-14(25)16-8-10-17(11-9-16)24-22(26)15(2)29-23(27)20-12-13-21(28-3)19-7-5-4-6-18(19)20/h4-13,15H,1-3H3,(H,24,26)/t15-/m0/s1. The number of benzene rings is 3. The molecule has 1 N–H and O–H groups in total. The fourth-order valence-corrected chi connectivity index (χ4v) is 2.94. The molecule has 29 heavy (non-hydrogen) atoms. The number of ketones is 1. The van der Waals surface area contributed by atoms with E-state index in [1.165, 1.54) is 13.8 Å². The van der Waals surface area contributed by atoms with Crippen molar-refractivity contribution in [2.24, 2.45) is 0 Å². The van der Waals surface area contributed by atoms with Crippen LogP contribution in [0.4, 0.5) is 5.69 Å². The average Bonchev–Trinajstić information content (AvgIpc) is 2.73. The zero-order chi connectivity index (χ0) is 21.0. The molecule has 0 spiro atoms. The summed E-state index contributed by atoms with van der Waals surface area (Å²) in [4.78, 5) is 36.4. The van der Waals surface area contributed by atoms with Crippen LogP contribution in [0.1, 0.15) is 34.6 Å². The third kappa shape index (κ3) is 4.43. The van der Waals surface area contributed by atoms with Gasteiger partial charge in [-0.2, -0.15) is 0 Å². The van der Waals surface area contributed by atoms with Crippen LogP contribution in [-0.2, 0) is 9.53 Å². The van der Waals surface area contributed by atoms with Gasteiger partial charge in [0.05, 0.1) is 12.7 Å². The zero-order valence-electron chi connectivity index (χ0n) is 16.4. The molecule has 3 aromatic carbocycles. The van der Waals surface area contributed by atoms with Crippen molar-refractivity contribution in [3.05, 3.63) is 71.8 Å². The van der Waals surface area contributed by atoms with Crippen LogP contribution in [0, 0.1) is 0 Å². The van der Waals surface area contributed by atoms with Crippen molar-refractivity contribution in [1.29, 1.82) is 0 Å². The molecule has 3 aromatic rings. The summed E-state index contributed by atoms with van der Waals surface area (Å²) in [6.07, 6.45) is -1.00. The molecule has 6 nitrogen and oxygen atoms in total. The minimum atomic E-state index is -1.00. The van der Waals surface area contributed by atoms with E-state index in [9.17, 15) is 14.4 Å². The second kappa shape index (κ2) is 8.56. The van der Waals surface area contributed by atoms with Gasteiger partial charge in [0.1, 0.15) is 5.75 Å². The van der Waals surface area contributed by atoms with Gasteiger partial charge in [-0.15, -0.1) is 0 Å². The largest absolute Gasteiger partial charge is 0.496 e. The molecule has 1 atom stereocenters. The molecular formula is C23H21NO5. The molecule has 3 rings (SSSR count). The Bertz CT molecular complexity index is 1070. The van der Waals surface area contributed by atoms with Crippen LogP contribution in [0.15, 0.2) is 60.7 Å². The molecule has 6 heteroatoms. The van der Waals surface area contributed by atoms with Crippen molar-refractivity contribution in [2.45, 2.75) is 20.0 Å². The van der Waals surface area contributed by atoms with Crippen molar-refractivity contribution < 1.29 is 23.9 Å². The number of hydrogen-bond acceptors (Lipinski definition) is 5. The van der Waals surface area contributed by atoms with E-state index < -0.39 is 18.0 Å². The fraction of sp³-hybridized carbons (Fsp3) is 0.174. The molecule has 0 saturated carbocycles. The first-order chi connectivity index (χ1) is 13.9. The van der Waals surface area contributed by atoms with E-state index in [0.29, 0.717) is 28.0 Å². The number of nitrogens with one attached hydrogen (secondary N) is 1. The van der Waals surface area contributed by atoms with Crippen LogP contribution in [0.3, 0.4) is 0 Å². The summed E-state index contributed by atoms with van der Waals surface area (Å²) in [5.41, 5.74) is 1.42. The van der Waals surface area contributed by atoms with E-state index in [4.69, 9.17) is 9.47 Å². The normalized spacial score (nSPS) is 11.6. The van der Waals surface area contributed by atoms with Crippen LogP contribution in [0.5, 0.6) is 5.75 Å². The number of esters is 1. The van der Waals surface area contributed by atoms with Gasteiger partial charge in [0.15, 0.2) is 11.9 Å². The molecule has 0 heterocycles. The second-order valence-corrected chi connectivity index (χ2v) is 6.53. The van der Waals surface area contributed by atoms with Crippen molar-refractivity contribution in [3.63, 3.8) is 0 Å². The Morgan fingerprint density at radius 1 is 0.897 bits per heavy atom. The number of carbonyl (C=O) groups is 3. The van der Waals surface area contributed by atoms with Crippen LogP contribution in [-0.4, -0.2) is 30.9 Å². The van der Waals surface area contributed by atoms with Gasteiger partial charge in [-0.05, 0) is 55.6 Å². The Balaban J connectivity index is 1.72. The smallest absolute Gasteiger partial charge is 0.339 e. The van der Waals surface area contributed by atoms with Crippen LogP contribution in [0.25, 0.3) is 10.8 Å². The van der Waals surface area contributed by atoms with Gasteiger partial charge in [0.2, 0.25) is 0 Å². The minimum Gasteiger partial charge on any atom is -0.496 e. The fourth-order valence-electron chi connectivity index (χ4n) is 2.94. The Labute approximate surface area is 168 Å². The SMILES string of the molecule is COc1ccc(C(=O)O[C@@H](C)C(=O)Nc2ccc(C(C)=O)cc2)c2ccccc12.